The van der Waals surface area contributed by atoms with Crippen LogP contribution in [0.25, 0.3) is 0 Å². The maximum atomic E-state index is 13.9. The van der Waals surface area contributed by atoms with Gasteiger partial charge in [0.15, 0.2) is 5.78 Å². The van der Waals surface area contributed by atoms with Gasteiger partial charge in [-0.2, -0.15) is 5.01 Å². The van der Waals surface area contributed by atoms with Crippen molar-refractivity contribution in [2.24, 2.45) is 23.7 Å². The highest BCUT2D eigenvalue weighted by molar-refractivity contribution is 9.12. The summed E-state index contributed by atoms with van der Waals surface area (Å²) in [5.74, 6) is -4.48. The number of ketones is 1. The smallest absolute Gasteiger partial charge is 0.345 e. The number of imide groups is 1. The van der Waals surface area contributed by atoms with Crippen molar-refractivity contribution in [3.05, 3.63) is 97.4 Å². The predicted molar refractivity (Wildman–Crippen MR) is 176 cm³/mol. The van der Waals surface area contributed by atoms with Crippen molar-refractivity contribution in [3.63, 3.8) is 0 Å². The van der Waals surface area contributed by atoms with Gasteiger partial charge in [0.1, 0.15) is 12.3 Å². The molecule has 0 spiro atoms. The first-order valence-corrected chi connectivity index (χ1v) is 16.9. The summed E-state index contributed by atoms with van der Waals surface area (Å²) < 4.78 is 5.38. The number of hydrazine groups is 1. The van der Waals surface area contributed by atoms with E-state index in [1.54, 1.807) is 0 Å². The summed E-state index contributed by atoms with van der Waals surface area (Å²) in [6.07, 6.45) is 0.698. The van der Waals surface area contributed by atoms with Crippen molar-refractivity contribution < 1.29 is 28.7 Å². The SMILES string of the molecule is O=C(CN(C(=O)c1ccc(Cl)cc1Cl)N1C(=O)[C@@H]2[C@H]3C[C@@H]([C@H](Br)[C@H]3Br)[C@H]2C1=O)c1ccc(OC(=O)c2ccc(Cl)cc2Cl)cc1. The number of halogens is 6. The minimum Gasteiger partial charge on any atom is -0.423 e. The van der Waals surface area contributed by atoms with Crippen LogP contribution in [0.5, 0.6) is 5.75 Å². The molecule has 3 fully saturated rings. The van der Waals surface area contributed by atoms with E-state index < -0.39 is 47.9 Å². The van der Waals surface area contributed by atoms with Gasteiger partial charge in [-0.3, -0.25) is 19.2 Å². The lowest BCUT2D eigenvalue weighted by atomic mass is 9.81. The number of esters is 1. The molecule has 3 amide bonds. The Balaban J connectivity index is 1.26. The third-order valence-corrected chi connectivity index (χ3v) is 12.7. The molecular formula is C31H20Br2Cl4N2O6. The lowest BCUT2D eigenvalue weighted by Gasteiger charge is -2.31. The van der Waals surface area contributed by atoms with E-state index in [2.05, 4.69) is 31.9 Å². The number of carbonyl (C=O) groups is 5. The van der Waals surface area contributed by atoms with Crippen molar-refractivity contribution >= 4 is 108 Å². The van der Waals surface area contributed by atoms with E-state index in [1.165, 1.54) is 60.7 Å². The number of nitrogens with zero attached hydrogens (tertiary/aromatic N) is 2. The van der Waals surface area contributed by atoms with Crippen LogP contribution in [0.1, 0.15) is 37.5 Å². The summed E-state index contributed by atoms with van der Waals surface area (Å²) in [5.41, 5.74) is 0.209. The lowest BCUT2D eigenvalue weighted by Crippen LogP contribution is -2.52. The van der Waals surface area contributed by atoms with Crippen molar-refractivity contribution in [2.45, 2.75) is 16.1 Å². The molecule has 3 aromatic carbocycles. The second kappa shape index (κ2) is 12.6. The van der Waals surface area contributed by atoms with Gasteiger partial charge in [-0.25, -0.2) is 9.80 Å². The van der Waals surface area contributed by atoms with Gasteiger partial charge in [-0.1, -0.05) is 78.3 Å². The summed E-state index contributed by atoms with van der Waals surface area (Å²) in [6.45, 7) is -0.640. The Kier molecular flexibility index (Phi) is 9.10. The van der Waals surface area contributed by atoms with Crippen molar-refractivity contribution in [1.82, 2.24) is 10.0 Å². The predicted octanol–water partition coefficient (Wildman–Crippen LogP) is 7.54. The van der Waals surface area contributed by atoms with Gasteiger partial charge in [0.05, 0.1) is 33.0 Å². The fourth-order valence-electron chi connectivity index (χ4n) is 6.36. The van der Waals surface area contributed by atoms with E-state index in [9.17, 15) is 24.0 Å². The number of Topliss-reactive ketones (excluding diaryl/α,β-unsaturated/α-hetero) is 1. The first kappa shape index (κ1) is 32.5. The van der Waals surface area contributed by atoms with Gasteiger partial charge < -0.3 is 4.74 Å². The van der Waals surface area contributed by atoms with E-state index in [4.69, 9.17) is 51.1 Å². The van der Waals surface area contributed by atoms with E-state index in [1.807, 2.05) is 0 Å². The minimum atomic E-state index is -0.810. The van der Waals surface area contributed by atoms with Crippen LogP contribution in [0.4, 0.5) is 0 Å². The Morgan fingerprint density at radius 2 is 1.29 bits per heavy atom. The molecule has 3 aromatic rings. The van der Waals surface area contributed by atoms with Crippen molar-refractivity contribution in [1.29, 1.82) is 0 Å². The van der Waals surface area contributed by atoms with Crippen molar-refractivity contribution in [2.75, 3.05) is 6.54 Å². The number of ether oxygens (including phenoxy) is 1. The number of amides is 3. The molecule has 2 bridgehead atoms. The summed E-state index contributed by atoms with van der Waals surface area (Å²) in [4.78, 5) is 67.7. The zero-order chi connectivity index (χ0) is 32.3. The highest BCUT2D eigenvalue weighted by Crippen LogP contribution is 2.60. The number of rotatable bonds is 7. The molecular weight excluding hydrogens is 798 g/mol. The van der Waals surface area contributed by atoms with Crippen LogP contribution < -0.4 is 4.74 Å². The Morgan fingerprint density at radius 3 is 1.80 bits per heavy atom. The number of hydrogen-bond acceptors (Lipinski definition) is 6. The highest BCUT2D eigenvalue weighted by Gasteiger charge is 2.67. The van der Waals surface area contributed by atoms with Gasteiger partial charge in [0.25, 0.3) is 17.7 Å². The molecule has 0 aromatic heterocycles. The molecule has 0 radical (unpaired) electrons. The average molecular weight is 818 g/mol. The van der Waals surface area contributed by atoms with Crippen LogP contribution in [0.2, 0.25) is 20.1 Å². The van der Waals surface area contributed by atoms with Gasteiger partial charge in [0.2, 0.25) is 0 Å². The molecule has 2 aliphatic carbocycles. The average Bonchev–Trinajstić information content (AvgIpc) is 3.60. The van der Waals surface area contributed by atoms with Crippen LogP contribution in [-0.4, -0.2) is 55.7 Å². The van der Waals surface area contributed by atoms with E-state index in [0.29, 0.717) is 11.4 Å². The van der Waals surface area contributed by atoms with Gasteiger partial charge >= 0.3 is 5.97 Å². The molecule has 0 unspecified atom stereocenters. The number of alkyl halides is 2. The molecule has 45 heavy (non-hydrogen) atoms. The van der Waals surface area contributed by atoms with Crippen LogP contribution in [-0.2, 0) is 9.59 Å². The highest BCUT2D eigenvalue weighted by atomic mass is 79.9. The van der Waals surface area contributed by atoms with E-state index >= 15 is 0 Å². The standard InChI is InChI=1S/C31H20Br2Cl4N2O6/c32-26-19-11-20(27(26)33)25-24(19)29(42)39(30(25)43)38(28(41)17-7-3-14(34)9-21(17)36)12-23(40)13-1-5-16(6-2-13)45-31(44)18-8-4-15(35)10-22(18)37/h1-10,19-20,24-27H,11-12H2/t19-,20-,24-,25-,26+,27+/m1/s1. The molecule has 232 valence electrons. The maximum absolute atomic E-state index is 13.9. The summed E-state index contributed by atoms with van der Waals surface area (Å²) in [7, 11) is 0. The molecule has 3 aliphatic rings. The molecule has 1 heterocycles. The molecule has 6 rings (SSSR count). The van der Waals surface area contributed by atoms with Crippen molar-refractivity contribution in [3.8, 4) is 5.75 Å². The Morgan fingerprint density at radius 1 is 0.778 bits per heavy atom. The first-order valence-electron chi connectivity index (χ1n) is 13.6. The van der Waals surface area contributed by atoms with E-state index in [-0.39, 0.29) is 59.0 Å². The fourth-order valence-corrected chi connectivity index (χ4v) is 9.21. The van der Waals surface area contributed by atoms with Crippen LogP contribution in [0.3, 0.4) is 0 Å². The first-order chi connectivity index (χ1) is 21.4. The van der Waals surface area contributed by atoms with Gasteiger partial charge in [-0.15, -0.1) is 0 Å². The molecule has 2 saturated carbocycles. The Hall–Kier alpha value is -2.47. The van der Waals surface area contributed by atoms with E-state index in [0.717, 1.165) is 10.0 Å². The van der Waals surface area contributed by atoms with Crippen LogP contribution in [0.15, 0.2) is 60.7 Å². The topological polar surface area (TPSA) is 101 Å². The third kappa shape index (κ3) is 5.83. The molecule has 6 atom stereocenters. The molecule has 8 nitrogen and oxygen atoms in total. The minimum absolute atomic E-state index is 0.00249. The Labute approximate surface area is 294 Å². The summed E-state index contributed by atoms with van der Waals surface area (Å²) in [6, 6.07) is 14.1. The molecule has 1 saturated heterocycles. The monoisotopic (exact) mass is 814 g/mol. The molecule has 14 heteroatoms. The fraction of sp³-hybridized carbons (Fsp3) is 0.258. The quantitative estimate of drug-likeness (QED) is 0.0804. The third-order valence-electron chi connectivity index (χ3n) is 8.43. The molecule has 0 N–H and O–H groups in total. The van der Waals surface area contributed by atoms with Crippen LogP contribution >= 0.6 is 78.3 Å². The summed E-state index contributed by atoms with van der Waals surface area (Å²) in [5, 5.41) is 2.44. The zero-order valence-electron chi connectivity index (χ0n) is 22.8. The summed E-state index contributed by atoms with van der Waals surface area (Å²) >= 11 is 31.7. The van der Waals surface area contributed by atoms with Crippen LogP contribution in [0, 0.1) is 23.7 Å². The van der Waals surface area contributed by atoms with Gasteiger partial charge in [-0.05, 0) is 78.9 Å². The zero-order valence-corrected chi connectivity index (χ0v) is 29.0. The van der Waals surface area contributed by atoms with Gasteiger partial charge in [0, 0.05) is 25.3 Å². The normalized spacial score (nSPS) is 25.0. The number of benzene rings is 3. The second-order valence-corrected chi connectivity index (χ2v) is 14.7. The lowest BCUT2D eigenvalue weighted by molar-refractivity contribution is -0.154. The largest absolute Gasteiger partial charge is 0.423 e. The second-order valence-electron chi connectivity index (χ2n) is 10.9. The number of hydrogen-bond donors (Lipinski definition) is 0. The maximum Gasteiger partial charge on any atom is 0.345 e. The Bertz CT molecular complexity index is 1740. The number of carbonyl (C=O) groups excluding carboxylic acids is 5. The molecule has 1 aliphatic heterocycles. The number of fused-ring (bicyclic) bond motifs is 5.